The number of carbonyl (C=O) groups is 2. The van der Waals surface area contributed by atoms with Gasteiger partial charge in [-0.2, -0.15) is 13.2 Å². The average Bonchev–Trinajstić information content (AvgIpc) is 3.54. The van der Waals surface area contributed by atoms with Gasteiger partial charge in [0.2, 0.25) is 5.91 Å². The van der Waals surface area contributed by atoms with Gasteiger partial charge in [0, 0.05) is 23.1 Å². The standard InChI is InChI=1S/C37H35F4N3O2/c1-22-14-17-28(21-30(22)37(39,40)41)43-35(45)29-20-25-9-3-6-13-32(25)44(36(46)33-23(2)8-7-12-31(33)38)34(29)24-15-18-27(19-16-24)42-26-10-4-5-11-26/h3,6-9,12-19,21,26,29,34,42H,4-5,10-11,20H2,1-2H3,(H,43,45)/t29-,34-/m0/s1. The molecule has 9 heteroatoms. The van der Waals surface area contributed by atoms with Gasteiger partial charge in [-0.3, -0.25) is 14.5 Å². The van der Waals surface area contributed by atoms with Crippen LogP contribution in [-0.2, 0) is 17.4 Å². The largest absolute Gasteiger partial charge is 0.416 e. The first-order valence-corrected chi connectivity index (χ1v) is 15.5. The maximum Gasteiger partial charge on any atom is 0.416 e. The minimum Gasteiger partial charge on any atom is -0.382 e. The van der Waals surface area contributed by atoms with Gasteiger partial charge in [-0.25, -0.2) is 4.39 Å². The lowest BCUT2D eigenvalue weighted by atomic mass is 9.80. The van der Waals surface area contributed by atoms with E-state index in [1.54, 1.807) is 31.2 Å². The monoisotopic (exact) mass is 629 g/mol. The molecule has 2 amide bonds. The number of benzene rings is 4. The number of amides is 2. The molecule has 0 aromatic heterocycles. The third-order valence-corrected chi connectivity index (χ3v) is 9.13. The molecule has 238 valence electrons. The third-order valence-electron chi connectivity index (χ3n) is 9.13. The van der Waals surface area contributed by atoms with Gasteiger partial charge >= 0.3 is 6.18 Å². The van der Waals surface area contributed by atoms with E-state index in [-0.39, 0.29) is 23.2 Å². The Bertz CT molecular complexity index is 1740. The maximum absolute atomic E-state index is 15.3. The molecule has 0 radical (unpaired) electrons. The summed E-state index contributed by atoms with van der Waals surface area (Å²) in [4.78, 5) is 30.0. The molecule has 2 aliphatic rings. The molecule has 4 aromatic carbocycles. The predicted molar refractivity (Wildman–Crippen MR) is 171 cm³/mol. The van der Waals surface area contributed by atoms with Crippen LogP contribution < -0.4 is 15.5 Å². The molecule has 0 unspecified atom stereocenters. The summed E-state index contributed by atoms with van der Waals surface area (Å²) in [6.07, 6.45) is 0.141. The van der Waals surface area contributed by atoms with Crippen LogP contribution in [0.4, 0.5) is 34.6 Å². The van der Waals surface area contributed by atoms with Gasteiger partial charge in [0.25, 0.3) is 5.91 Å². The highest BCUT2D eigenvalue weighted by Crippen LogP contribution is 2.44. The lowest BCUT2D eigenvalue weighted by Crippen LogP contribution is -2.47. The summed E-state index contributed by atoms with van der Waals surface area (Å²) in [5.41, 5.74) is 2.35. The van der Waals surface area contributed by atoms with Gasteiger partial charge in [0.05, 0.1) is 23.1 Å². The van der Waals surface area contributed by atoms with E-state index in [4.69, 9.17) is 0 Å². The zero-order valence-electron chi connectivity index (χ0n) is 25.6. The van der Waals surface area contributed by atoms with Crippen molar-refractivity contribution in [3.05, 3.63) is 124 Å². The minimum atomic E-state index is -4.59. The van der Waals surface area contributed by atoms with E-state index in [1.165, 1.54) is 48.9 Å². The fourth-order valence-electron chi connectivity index (χ4n) is 6.80. The number of halogens is 4. The summed E-state index contributed by atoms with van der Waals surface area (Å²) in [6, 6.07) is 22.3. The van der Waals surface area contributed by atoms with Gasteiger partial charge in [0.1, 0.15) is 5.82 Å². The first-order valence-electron chi connectivity index (χ1n) is 15.5. The fraction of sp³-hybridized carbons (Fsp3) is 0.297. The van der Waals surface area contributed by atoms with Gasteiger partial charge in [-0.1, -0.05) is 61.4 Å². The molecule has 6 rings (SSSR count). The van der Waals surface area contributed by atoms with Crippen LogP contribution in [0.1, 0.15) is 69.9 Å². The van der Waals surface area contributed by atoms with E-state index in [0.29, 0.717) is 28.4 Å². The van der Waals surface area contributed by atoms with Crippen LogP contribution in [0.15, 0.2) is 84.9 Å². The number of fused-ring (bicyclic) bond motifs is 1. The Kier molecular flexibility index (Phi) is 8.59. The molecule has 0 spiro atoms. The van der Waals surface area contributed by atoms with Crippen molar-refractivity contribution < 1.29 is 27.2 Å². The number of para-hydroxylation sites is 1. The van der Waals surface area contributed by atoms with Gasteiger partial charge in [-0.15, -0.1) is 0 Å². The highest BCUT2D eigenvalue weighted by atomic mass is 19.4. The first-order chi connectivity index (χ1) is 22.0. The second kappa shape index (κ2) is 12.6. The van der Waals surface area contributed by atoms with Crippen molar-refractivity contribution in [2.45, 2.75) is 64.2 Å². The summed E-state index contributed by atoms with van der Waals surface area (Å²) >= 11 is 0. The summed E-state index contributed by atoms with van der Waals surface area (Å²) in [5, 5.41) is 6.25. The number of alkyl halides is 3. The van der Waals surface area contributed by atoms with Gasteiger partial charge < -0.3 is 10.6 Å². The van der Waals surface area contributed by atoms with E-state index in [0.717, 1.165) is 24.6 Å². The normalized spacial score (nSPS) is 18.3. The number of rotatable bonds is 6. The molecule has 1 aliphatic heterocycles. The Labute approximate surface area is 265 Å². The van der Waals surface area contributed by atoms with Crippen LogP contribution in [0.2, 0.25) is 0 Å². The first kappa shape index (κ1) is 31.3. The summed E-state index contributed by atoms with van der Waals surface area (Å²) in [5.74, 6) is -2.74. The highest BCUT2D eigenvalue weighted by molar-refractivity contribution is 6.09. The zero-order chi connectivity index (χ0) is 32.6. The number of carbonyl (C=O) groups excluding carboxylic acids is 2. The van der Waals surface area contributed by atoms with E-state index in [1.807, 2.05) is 30.3 Å². The molecule has 2 N–H and O–H groups in total. The number of aryl methyl sites for hydroxylation is 2. The Balaban J connectivity index is 1.44. The molecule has 0 saturated heterocycles. The second-order valence-corrected chi connectivity index (χ2v) is 12.3. The number of anilines is 3. The second-order valence-electron chi connectivity index (χ2n) is 12.3. The van der Waals surface area contributed by atoms with Gasteiger partial charge in [0.15, 0.2) is 0 Å². The van der Waals surface area contributed by atoms with E-state index in [9.17, 15) is 22.8 Å². The van der Waals surface area contributed by atoms with Crippen LogP contribution >= 0.6 is 0 Å². The SMILES string of the molecule is Cc1ccc(NC(=O)[C@H]2Cc3ccccc3N(C(=O)c3c(C)cccc3F)[C@H]2c2ccc(NC3CCCC3)cc2)cc1C(F)(F)F. The summed E-state index contributed by atoms with van der Waals surface area (Å²) in [7, 11) is 0. The Morgan fingerprint density at radius 1 is 0.826 bits per heavy atom. The van der Waals surface area contributed by atoms with Crippen LogP contribution in [-0.4, -0.2) is 17.9 Å². The number of hydrogen-bond acceptors (Lipinski definition) is 3. The molecule has 1 saturated carbocycles. The molecule has 0 bridgehead atoms. The molecule has 4 aromatic rings. The molecular formula is C37H35F4N3O2. The van der Waals surface area contributed by atoms with Crippen molar-refractivity contribution >= 4 is 28.9 Å². The third kappa shape index (κ3) is 6.23. The van der Waals surface area contributed by atoms with Crippen LogP contribution in [0.3, 0.4) is 0 Å². The average molecular weight is 630 g/mol. The van der Waals surface area contributed by atoms with E-state index >= 15 is 4.39 Å². The summed E-state index contributed by atoms with van der Waals surface area (Å²) < 4.78 is 56.4. The Morgan fingerprint density at radius 2 is 1.52 bits per heavy atom. The van der Waals surface area contributed by atoms with Crippen molar-refractivity contribution in [2.75, 3.05) is 15.5 Å². The number of nitrogens with one attached hydrogen (secondary N) is 2. The Morgan fingerprint density at radius 3 is 2.22 bits per heavy atom. The van der Waals surface area contributed by atoms with Crippen molar-refractivity contribution in [1.29, 1.82) is 0 Å². The topological polar surface area (TPSA) is 61.4 Å². The van der Waals surface area contributed by atoms with Crippen molar-refractivity contribution in [2.24, 2.45) is 5.92 Å². The lowest BCUT2D eigenvalue weighted by Gasteiger charge is -2.42. The summed E-state index contributed by atoms with van der Waals surface area (Å²) in [6.45, 7) is 3.02. The molecular weight excluding hydrogens is 594 g/mol. The quantitative estimate of drug-likeness (QED) is 0.209. The predicted octanol–water partition coefficient (Wildman–Crippen LogP) is 9.01. The molecule has 5 nitrogen and oxygen atoms in total. The Hall–Kier alpha value is -4.66. The van der Waals surface area contributed by atoms with E-state index in [2.05, 4.69) is 10.6 Å². The van der Waals surface area contributed by atoms with Crippen molar-refractivity contribution in [1.82, 2.24) is 0 Å². The van der Waals surface area contributed by atoms with Crippen LogP contribution in [0, 0.1) is 25.6 Å². The molecule has 1 heterocycles. The molecule has 1 fully saturated rings. The van der Waals surface area contributed by atoms with Crippen LogP contribution in [0.5, 0.6) is 0 Å². The molecule has 1 aliphatic carbocycles. The van der Waals surface area contributed by atoms with Crippen molar-refractivity contribution in [3.8, 4) is 0 Å². The smallest absolute Gasteiger partial charge is 0.382 e. The minimum absolute atomic E-state index is 0.000491. The number of nitrogens with zero attached hydrogens (tertiary/aromatic N) is 1. The zero-order valence-corrected chi connectivity index (χ0v) is 25.6. The lowest BCUT2D eigenvalue weighted by molar-refractivity contribution is -0.138. The van der Waals surface area contributed by atoms with Crippen molar-refractivity contribution in [3.63, 3.8) is 0 Å². The van der Waals surface area contributed by atoms with Crippen LogP contribution in [0.25, 0.3) is 0 Å². The number of hydrogen-bond donors (Lipinski definition) is 2. The fourth-order valence-corrected chi connectivity index (χ4v) is 6.80. The molecule has 2 atom stereocenters. The maximum atomic E-state index is 15.3. The molecule has 46 heavy (non-hydrogen) atoms. The van der Waals surface area contributed by atoms with Gasteiger partial charge in [-0.05, 0) is 91.8 Å². The van der Waals surface area contributed by atoms with E-state index < -0.39 is 41.3 Å². The highest BCUT2D eigenvalue weighted by Gasteiger charge is 2.43.